The molecule has 0 heterocycles. The molecule has 0 aromatic heterocycles. The molecule has 2 rings (SSSR count). The van der Waals surface area contributed by atoms with Gasteiger partial charge in [-0.05, 0) is 31.0 Å². The Morgan fingerprint density at radius 3 is 2.53 bits per heavy atom. The highest BCUT2D eigenvalue weighted by Crippen LogP contribution is 2.16. The van der Waals surface area contributed by atoms with Crippen molar-refractivity contribution in [1.29, 1.82) is 0 Å². The second-order valence-electron chi connectivity index (χ2n) is 4.51. The summed E-state index contributed by atoms with van der Waals surface area (Å²) >= 11 is 0. The zero-order chi connectivity index (χ0) is 13.7. The Labute approximate surface area is 113 Å². The van der Waals surface area contributed by atoms with Crippen LogP contribution in [-0.2, 0) is 11.3 Å². The summed E-state index contributed by atoms with van der Waals surface area (Å²) in [6.07, 6.45) is -0.434. The molecule has 0 unspecified atom stereocenters. The number of hydrogen-bond acceptors (Lipinski definition) is 2. The topological polar surface area (TPSA) is 38.3 Å². The van der Waals surface area contributed by atoms with Crippen LogP contribution in [0.3, 0.4) is 0 Å². The highest BCUT2D eigenvalue weighted by atomic mass is 16.5. The van der Waals surface area contributed by atoms with E-state index in [1.165, 1.54) is 5.56 Å². The Morgan fingerprint density at radius 1 is 1.11 bits per heavy atom. The van der Waals surface area contributed by atoms with E-state index in [1.807, 2.05) is 62.4 Å². The van der Waals surface area contributed by atoms with Gasteiger partial charge in [-0.15, -0.1) is 0 Å². The fourth-order valence-corrected chi connectivity index (χ4v) is 1.82. The molecule has 1 N–H and O–H groups in total. The first kappa shape index (κ1) is 13.1. The highest BCUT2D eigenvalue weighted by molar-refractivity contribution is 5.85. The van der Waals surface area contributed by atoms with E-state index >= 15 is 0 Å². The van der Waals surface area contributed by atoms with Gasteiger partial charge in [0.2, 0.25) is 0 Å². The molecule has 0 radical (unpaired) electrons. The van der Waals surface area contributed by atoms with E-state index in [1.54, 1.807) is 0 Å². The molecule has 0 fully saturated rings. The Kier molecular flexibility index (Phi) is 4.18. The average molecular weight is 255 g/mol. The minimum Gasteiger partial charge on any atom is -0.444 e. The average Bonchev–Trinajstić information content (AvgIpc) is 2.41. The maximum Gasteiger partial charge on any atom is 0.411 e. The van der Waals surface area contributed by atoms with Crippen LogP contribution in [0.4, 0.5) is 10.5 Å². The van der Waals surface area contributed by atoms with Crippen LogP contribution in [0.1, 0.15) is 16.7 Å². The van der Waals surface area contributed by atoms with Gasteiger partial charge in [-0.25, -0.2) is 4.79 Å². The van der Waals surface area contributed by atoms with Crippen LogP contribution in [0.2, 0.25) is 0 Å². The van der Waals surface area contributed by atoms with Crippen LogP contribution in [0.25, 0.3) is 0 Å². The highest BCUT2D eigenvalue weighted by Gasteiger charge is 2.05. The number of anilines is 1. The molecule has 2 aromatic rings. The minimum absolute atomic E-state index is 0.275. The van der Waals surface area contributed by atoms with Crippen LogP contribution in [0.5, 0.6) is 0 Å². The molecule has 3 heteroatoms. The number of carbonyl (C=O) groups is 1. The zero-order valence-electron chi connectivity index (χ0n) is 11.1. The van der Waals surface area contributed by atoms with E-state index < -0.39 is 6.09 Å². The third-order valence-corrected chi connectivity index (χ3v) is 2.83. The van der Waals surface area contributed by atoms with Crippen molar-refractivity contribution in [1.82, 2.24) is 0 Å². The van der Waals surface area contributed by atoms with Gasteiger partial charge in [0.25, 0.3) is 0 Å². The quantitative estimate of drug-likeness (QED) is 0.898. The van der Waals surface area contributed by atoms with Crippen LogP contribution >= 0.6 is 0 Å². The predicted octanol–water partition coefficient (Wildman–Crippen LogP) is 4.05. The molecule has 0 aliphatic rings. The number of aryl methyl sites for hydroxylation is 2. The summed E-state index contributed by atoms with van der Waals surface area (Å²) in [5, 5.41) is 2.75. The second-order valence-corrected chi connectivity index (χ2v) is 4.51. The van der Waals surface area contributed by atoms with E-state index in [9.17, 15) is 4.79 Å². The van der Waals surface area contributed by atoms with E-state index in [4.69, 9.17) is 4.74 Å². The number of carbonyl (C=O) groups excluding carboxylic acids is 1. The maximum absolute atomic E-state index is 11.7. The smallest absolute Gasteiger partial charge is 0.411 e. The van der Waals surface area contributed by atoms with Gasteiger partial charge in [-0.2, -0.15) is 0 Å². The SMILES string of the molecule is Cc1ccc(NC(=O)OCc2ccccc2)c(C)c1. The molecule has 2 aromatic carbocycles. The first-order chi connectivity index (χ1) is 9.15. The summed E-state index contributed by atoms with van der Waals surface area (Å²) in [4.78, 5) is 11.7. The standard InChI is InChI=1S/C16H17NO2/c1-12-8-9-15(13(2)10-12)17-16(18)19-11-14-6-4-3-5-7-14/h3-10H,11H2,1-2H3,(H,17,18). The molecule has 0 aliphatic heterocycles. The van der Waals surface area contributed by atoms with Crippen LogP contribution in [-0.4, -0.2) is 6.09 Å². The number of ether oxygens (including phenoxy) is 1. The second kappa shape index (κ2) is 6.05. The van der Waals surface area contributed by atoms with Gasteiger partial charge in [0, 0.05) is 5.69 Å². The van der Waals surface area contributed by atoms with Crippen LogP contribution in [0, 0.1) is 13.8 Å². The van der Waals surface area contributed by atoms with Gasteiger partial charge >= 0.3 is 6.09 Å². The molecular formula is C16H17NO2. The van der Waals surface area contributed by atoms with Crippen LogP contribution < -0.4 is 5.32 Å². The van der Waals surface area contributed by atoms with Crippen molar-refractivity contribution in [2.75, 3.05) is 5.32 Å². The van der Waals surface area contributed by atoms with E-state index in [2.05, 4.69) is 5.32 Å². The Balaban J connectivity index is 1.91. The summed E-state index contributed by atoms with van der Waals surface area (Å²) in [5.41, 5.74) is 3.94. The summed E-state index contributed by atoms with van der Waals surface area (Å²) in [6.45, 7) is 4.25. The molecule has 0 spiro atoms. The van der Waals surface area contributed by atoms with E-state index in [-0.39, 0.29) is 6.61 Å². The molecular weight excluding hydrogens is 238 g/mol. The summed E-state index contributed by atoms with van der Waals surface area (Å²) < 4.78 is 5.17. The fraction of sp³-hybridized carbons (Fsp3) is 0.188. The Bertz CT molecular complexity index is 564. The maximum atomic E-state index is 11.7. The minimum atomic E-state index is -0.434. The zero-order valence-corrected chi connectivity index (χ0v) is 11.1. The first-order valence-electron chi connectivity index (χ1n) is 6.20. The predicted molar refractivity (Wildman–Crippen MR) is 76.2 cm³/mol. The molecule has 19 heavy (non-hydrogen) atoms. The van der Waals surface area contributed by atoms with Crippen LogP contribution in [0.15, 0.2) is 48.5 Å². The lowest BCUT2D eigenvalue weighted by Gasteiger charge is -2.09. The third-order valence-electron chi connectivity index (χ3n) is 2.83. The largest absolute Gasteiger partial charge is 0.444 e. The molecule has 0 bridgehead atoms. The normalized spacial score (nSPS) is 10.0. The van der Waals surface area contributed by atoms with Gasteiger partial charge in [-0.3, -0.25) is 5.32 Å². The van der Waals surface area contributed by atoms with Crippen molar-refractivity contribution < 1.29 is 9.53 Å². The first-order valence-corrected chi connectivity index (χ1v) is 6.20. The third kappa shape index (κ3) is 3.85. The van der Waals surface area contributed by atoms with Gasteiger partial charge in [0.1, 0.15) is 6.61 Å². The summed E-state index contributed by atoms with van der Waals surface area (Å²) in [5.74, 6) is 0. The van der Waals surface area contributed by atoms with Gasteiger partial charge in [0.15, 0.2) is 0 Å². The molecule has 3 nitrogen and oxygen atoms in total. The van der Waals surface area contributed by atoms with Gasteiger partial charge in [0.05, 0.1) is 0 Å². The van der Waals surface area contributed by atoms with Gasteiger partial charge < -0.3 is 4.74 Å². The molecule has 1 amide bonds. The molecule has 0 saturated carbocycles. The van der Waals surface area contributed by atoms with Crippen molar-refractivity contribution in [2.45, 2.75) is 20.5 Å². The summed E-state index contributed by atoms with van der Waals surface area (Å²) in [7, 11) is 0. The number of rotatable bonds is 3. The van der Waals surface area contributed by atoms with E-state index in [0.29, 0.717) is 0 Å². The van der Waals surface area contributed by atoms with Crippen molar-refractivity contribution in [3.05, 3.63) is 65.2 Å². The number of benzene rings is 2. The van der Waals surface area contributed by atoms with Crippen molar-refractivity contribution >= 4 is 11.8 Å². The molecule has 0 saturated heterocycles. The number of hydrogen-bond donors (Lipinski definition) is 1. The molecule has 0 aliphatic carbocycles. The molecule has 98 valence electrons. The fourth-order valence-electron chi connectivity index (χ4n) is 1.82. The monoisotopic (exact) mass is 255 g/mol. The summed E-state index contributed by atoms with van der Waals surface area (Å²) in [6, 6.07) is 15.5. The Morgan fingerprint density at radius 2 is 1.84 bits per heavy atom. The van der Waals surface area contributed by atoms with Crippen molar-refractivity contribution in [3.63, 3.8) is 0 Å². The van der Waals surface area contributed by atoms with E-state index in [0.717, 1.165) is 16.8 Å². The lowest BCUT2D eigenvalue weighted by Crippen LogP contribution is -2.14. The Hall–Kier alpha value is -2.29. The lowest BCUT2D eigenvalue weighted by molar-refractivity contribution is 0.155. The lowest BCUT2D eigenvalue weighted by atomic mass is 10.1. The van der Waals surface area contributed by atoms with Crippen molar-refractivity contribution in [2.24, 2.45) is 0 Å². The molecule has 0 atom stereocenters. The number of nitrogens with one attached hydrogen (secondary N) is 1. The van der Waals surface area contributed by atoms with Crippen molar-refractivity contribution in [3.8, 4) is 0 Å². The van der Waals surface area contributed by atoms with Gasteiger partial charge in [-0.1, -0.05) is 48.0 Å². The number of amides is 1.